The lowest BCUT2D eigenvalue weighted by atomic mass is 9.99. The van der Waals surface area contributed by atoms with Crippen LogP contribution in [0.1, 0.15) is 11.1 Å². The molecule has 0 bridgehead atoms. The standard InChI is InChI=1S/C12H15Cl2NO2.ClH/c1-15-5-4-7-8(6-15)10(14)12(17-3)11(16-2)9(7)13;/h4-6H2,1-3H3;1H. The largest absolute Gasteiger partial charge is 0.491 e. The van der Waals surface area contributed by atoms with Crippen LogP contribution in [0.2, 0.25) is 10.0 Å². The molecule has 2 rings (SSSR count). The maximum atomic E-state index is 6.36. The van der Waals surface area contributed by atoms with Gasteiger partial charge in [-0.25, -0.2) is 0 Å². The van der Waals surface area contributed by atoms with Crippen LogP contribution in [-0.4, -0.2) is 32.7 Å². The van der Waals surface area contributed by atoms with Crippen LogP contribution < -0.4 is 9.47 Å². The van der Waals surface area contributed by atoms with E-state index in [-0.39, 0.29) is 12.4 Å². The SMILES string of the molecule is COc1c(Cl)c2c(c(Cl)c1OC)CN(C)CC2.Cl. The first-order valence-electron chi connectivity index (χ1n) is 5.39. The lowest BCUT2D eigenvalue weighted by Gasteiger charge is -2.28. The number of likely N-dealkylation sites (N-methyl/N-ethyl adjacent to an activating group) is 1. The zero-order chi connectivity index (χ0) is 12.6. The molecule has 0 spiro atoms. The highest BCUT2D eigenvalue weighted by molar-refractivity contribution is 6.37. The van der Waals surface area contributed by atoms with Gasteiger partial charge in [0.25, 0.3) is 0 Å². The molecule has 0 saturated carbocycles. The molecule has 0 radical (unpaired) electrons. The summed E-state index contributed by atoms with van der Waals surface area (Å²) in [5.74, 6) is 1.05. The van der Waals surface area contributed by atoms with E-state index in [9.17, 15) is 0 Å². The summed E-state index contributed by atoms with van der Waals surface area (Å²) in [5, 5.41) is 1.23. The summed E-state index contributed by atoms with van der Waals surface area (Å²) < 4.78 is 10.6. The first-order chi connectivity index (χ1) is 8.10. The van der Waals surface area contributed by atoms with Crippen LogP contribution in [0.5, 0.6) is 11.5 Å². The molecule has 0 fully saturated rings. The van der Waals surface area contributed by atoms with Gasteiger partial charge in [0.05, 0.1) is 24.3 Å². The van der Waals surface area contributed by atoms with Gasteiger partial charge in [0, 0.05) is 13.1 Å². The van der Waals surface area contributed by atoms with Gasteiger partial charge in [-0.2, -0.15) is 0 Å². The van der Waals surface area contributed by atoms with Crippen molar-refractivity contribution < 1.29 is 9.47 Å². The van der Waals surface area contributed by atoms with Gasteiger partial charge in [0.2, 0.25) is 0 Å². The van der Waals surface area contributed by atoms with E-state index in [0.29, 0.717) is 21.5 Å². The highest BCUT2D eigenvalue weighted by Crippen LogP contribution is 2.47. The van der Waals surface area contributed by atoms with E-state index >= 15 is 0 Å². The Morgan fingerprint density at radius 2 is 1.50 bits per heavy atom. The van der Waals surface area contributed by atoms with E-state index in [1.165, 1.54) is 0 Å². The second-order valence-corrected chi connectivity index (χ2v) is 4.90. The number of benzene rings is 1. The second kappa shape index (κ2) is 6.20. The molecule has 0 saturated heterocycles. The van der Waals surface area contributed by atoms with Crippen molar-refractivity contribution in [1.29, 1.82) is 0 Å². The van der Waals surface area contributed by atoms with Crippen LogP contribution in [-0.2, 0) is 13.0 Å². The molecule has 18 heavy (non-hydrogen) atoms. The van der Waals surface area contributed by atoms with E-state index in [0.717, 1.165) is 30.6 Å². The number of hydrogen-bond acceptors (Lipinski definition) is 3. The topological polar surface area (TPSA) is 21.7 Å². The van der Waals surface area contributed by atoms with Crippen LogP contribution in [0.25, 0.3) is 0 Å². The van der Waals surface area contributed by atoms with Gasteiger partial charge in [-0.15, -0.1) is 12.4 Å². The minimum absolute atomic E-state index is 0. The summed E-state index contributed by atoms with van der Waals surface area (Å²) in [5.41, 5.74) is 2.12. The molecule has 6 heteroatoms. The summed E-state index contributed by atoms with van der Waals surface area (Å²) in [6, 6.07) is 0. The molecule has 0 amide bonds. The lowest BCUT2D eigenvalue weighted by Crippen LogP contribution is -2.27. The highest BCUT2D eigenvalue weighted by Gasteiger charge is 2.26. The highest BCUT2D eigenvalue weighted by atomic mass is 35.5. The van der Waals surface area contributed by atoms with Gasteiger partial charge in [-0.05, 0) is 24.6 Å². The Bertz CT molecular complexity index is 452. The molecule has 1 heterocycles. The molecule has 1 aromatic rings. The van der Waals surface area contributed by atoms with Gasteiger partial charge in [0.1, 0.15) is 0 Å². The first kappa shape index (κ1) is 15.7. The molecule has 0 N–H and O–H groups in total. The van der Waals surface area contributed by atoms with Crippen molar-refractivity contribution in [3.63, 3.8) is 0 Å². The van der Waals surface area contributed by atoms with Crippen molar-refractivity contribution in [2.24, 2.45) is 0 Å². The summed E-state index contributed by atoms with van der Waals surface area (Å²) in [6.07, 6.45) is 0.880. The minimum Gasteiger partial charge on any atom is -0.491 e. The van der Waals surface area contributed by atoms with Gasteiger partial charge >= 0.3 is 0 Å². The second-order valence-electron chi connectivity index (χ2n) is 4.14. The third-order valence-electron chi connectivity index (χ3n) is 3.08. The van der Waals surface area contributed by atoms with Gasteiger partial charge < -0.3 is 14.4 Å². The number of rotatable bonds is 2. The van der Waals surface area contributed by atoms with E-state index in [1.54, 1.807) is 14.2 Å². The minimum atomic E-state index is 0. The van der Waals surface area contributed by atoms with Crippen LogP contribution in [0, 0.1) is 0 Å². The molecule has 0 unspecified atom stereocenters. The van der Waals surface area contributed by atoms with Crippen molar-refractivity contribution in [2.45, 2.75) is 13.0 Å². The van der Waals surface area contributed by atoms with Gasteiger partial charge in [0.15, 0.2) is 11.5 Å². The summed E-state index contributed by atoms with van der Waals surface area (Å²) >= 11 is 12.7. The summed E-state index contributed by atoms with van der Waals surface area (Å²) in [7, 11) is 5.20. The van der Waals surface area contributed by atoms with Crippen molar-refractivity contribution in [3.05, 3.63) is 21.2 Å². The Labute approximate surface area is 123 Å². The Hall–Kier alpha value is -0.350. The predicted octanol–water partition coefficient (Wildman–Crippen LogP) is 3.42. The van der Waals surface area contributed by atoms with Gasteiger partial charge in [-0.1, -0.05) is 23.2 Å². The fourth-order valence-electron chi connectivity index (χ4n) is 2.18. The molecule has 0 atom stereocenters. The molecular weight excluding hydrogens is 296 g/mol. The maximum Gasteiger partial charge on any atom is 0.181 e. The van der Waals surface area contributed by atoms with Crippen molar-refractivity contribution in [1.82, 2.24) is 4.90 Å². The van der Waals surface area contributed by atoms with E-state index < -0.39 is 0 Å². The Kier molecular flexibility index (Phi) is 5.41. The van der Waals surface area contributed by atoms with Crippen LogP contribution in [0.4, 0.5) is 0 Å². The lowest BCUT2D eigenvalue weighted by molar-refractivity contribution is 0.308. The van der Waals surface area contributed by atoms with E-state index in [2.05, 4.69) is 11.9 Å². The first-order valence-corrected chi connectivity index (χ1v) is 6.15. The van der Waals surface area contributed by atoms with Crippen LogP contribution >= 0.6 is 35.6 Å². The van der Waals surface area contributed by atoms with E-state index in [1.807, 2.05) is 0 Å². The summed E-state index contributed by atoms with van der Waals surface area (Å²) in [6.45, 7) is 1.76. The average Bonchev–Trinajstić information content (AvgIpc) is 2.33. The third-order valence-corrected chi connectivity index (χ3v) is 3.88. The maximum absolute atomic E-state index is 6.36. The monoisotopic (exact) mass is 311 g/mol. The average molecular weight is 313 g/mol. The van der Waals surface area contributed by atoms with Crippen LogP contribution in [0.15, 0.2) is 0 Å². The Balaban J connectivity index is 0.00000162. The molecular formula is C12H16Cl3NO2. The number of hydrogen-bond donors (Lipinski definition) is 0. The summed E-state index contributed by atoms with van der Waals surface area (Å²) in [4.78, 5) is 2.20. The smallest absolute Gasteiger partial charge is 0.181 e. The zero-order valence-electron chi connectivity index (χ0n) is 10.5. The third kappa shape index (κ3) is 2.50. The fraction of sp³-hybridized carbons (Fsp3) is 0.500. The number of methoxy groups -OCH3 is 2. The van der Waals surface area contributed by atoms with Crippen molar-refractivity contribution >= 4 is 35.6 Å². The van der Waals surface area contributed by atoms with Crippen LogP contribution in [0.3, 0.4) is 0 Å². The quantitative estimate of drug-likeness (QED) is 0.835. The number of fused-ring (bicyclic) bond motifs is 1. The van der Waals surface area contributed by atoms with Gasteiger partial charge in [-0.3, -0.25) is 0 Å². The molecule has 1 aliphatic heterocycles. The molecule has 1 aromatic carbocycles. The predicted molar refractivity (Wildman–Crippen MR) is 76.9 cm³/mol. The molecule has 0 aromatic heterocycles. The normalized spacial score (nSPS) is 14.7. The Morgan fingerprint density at radius 3 is 2.00 bits per heavy atom. The number of halogens is 3. The molecule has 1 aliphatic rings. The van der Waals surface area contributed by atoms with Crippen molar-refractivity contribution in [2.75, 3.05) is 27.8 Å². The number of ether oxygens (including phenoxy) is 2. The van der Waals surface area contributed by atoms with Crippen molar-refractivity contribution in [3.8, 4) is 11.5 Å². The Morgan fingerprint density at radius 1 is 1.00 bits per heavy atom. The van der Waals surface area contributed by atoms with E-state index in [4.69, 9.17) is 32.7 Å². The molecule has 102 valence electrons. The number of nitrogens with zero attached hydrogens (tertiary/aromatic N) is 1. The molecule has 3 nitrogen and oxygen atoms in total. The fourth-order valence-corrected chi connectivity index (χ4v) is 2.89. The zero-order valence-corrected chi connectivity index (χ0v) is 12.9. The molecule has 0 aliphatic carbocycles.